The van der Waals surface area contributed by atoms with E-state index in [9.17, 15) is 13.6 Å². The fourth-order valence-electron chi connectivity index (χ4n) is 0.871. The zero-order valence-electron chi connectivity index (χ0n) is 6.55. The van der Waals surface area contributed by atoms with Crippen LogP contribution in [0, 0.1) is 11.3 Å². The molecule has 0 saturated heterocycles. The van der Waals surface area contributed by atoms with Crippen LogP contribution < -0.4 is 5.56 Å². The number of nitriles is 1. The van der Waals surface area contributed by atoms with Crippen molar-refractivity contribution < 1.29 is 8.78 Å². The molecule has 1 rings (SSSR count). The van der Waals surface area contributed by atoms with Crippen LogP contribution in [0.2, 0.25) is 0 Å². The number of H-pyrrole nitrogens is 1. The normalized spacial score (nSPS) is 10.0. The van der Waals surface area contributed by atoms with Gasteiger partial charge in [-0.05, 0) is 6.07 Å². The van der Waals surface area contributed by atoms with Gasteiger partial charge in [-0.15, -0.1) is 0 Å². The lowest BCUT2D eigenvalue weighted by atomic mass is 10.2. The number of rotatable bonds is 2. The molecule has 13 heavy (non-hydrogen) atoms. The molecule has 0 fully saturated rings. The summed E-state index contributed by atoms with van der Waals surface area (Å²) < 4.78 is 24.1. The Morgan fingerprint density at radius 3 is 2.69 bits per heavy atom. The van der Waals surface area contributed by atoms with Crippen LogP contribution in [-0.4, -0.2) is 4.98 Å². The lowest BCUT2D eigenvalue weighted by Gasteiger charge is -1.99. The van der Waals surface area contributed by atoms with Crippen molar-refractivity contribution in [2.24, 2.45) is 0 Å². The van der Waals surface area contributed by atoms with E-state index in [0.717, 1.165) is 6.07 Å². The summed E-state index contributed by atoms with van der Waals surface area (Å²) in [7, 11) is 0. The Hall–Kier alpha value is -1.70. The molecule has 1 heterocycles. The fourth-order valence-corrected chi connectivity index (χ4v) is 0.871. The smallest absolute Gasteiger partial charge is 0.278 e. The molecule has 1 aromatic heterocycles. The van der Waals surface area contributed by atoms with Crippen LogP contribution in [0.15, 0.2) is 16.9 Å². The average molecular weight is 184 g/mol. The highest BCUT2D eigenvalue weighted by Crippen LogP contribution is 2.14. The zero-order valence-corrected chi connectivity index (χ0v) is 6.55. The molecule has 0 saturated carbocycles. The van der Waals surface area contributed by atoms with Gasteiger partial charge < -0.3 is 4.98 Å². The molecule has 0 bridgehead atoms. The molecule has 0 spiro atoms. The van der Waals surface area contributed by atoms with Gasteiger partial charge in [0.2, 0.25) is 0 Å². The zero-order chi connectivity index (χ0) is 9.84. The number of alkyl halides is 2. The molecule has 0 aliphatic heterocycles. The minimum Gasteiger partial charge on any atom is -0.321 e. The molecule has 0 atom stereocenters. The maximum Gasteiger partial charge on any atom is 0.278 e. The van der Waals surface area contributed by atoms with Gasteiger partial charge in [0.15, 0.2) is 0 Å². The van der Waals surface area contributed by atoms with Gasteiger partial charge in [0.1, 0.15) is 0 Å². The first-order valence-corrected chi connectivity index (χ1v) is 3.52. The van der Waals surface area contributed by atoms with E-state index in [0.29, 0.717) is 0 Å². The predicted molar refractivity (Wildman–Crippen MR) is 41.3 cm³/mol. The molecule has 68 valence electrons. The largest absolute Gasteiger partial charge is 0.321 e. The average Bonchev–Trinajstić information content (AvgIpc) is 2.08. The van der Waals surface area contributed by atoms with E-state index in [2.05, 4.69) is 0 Å². The highest BCUT2D eigenvalue weighted by atomic mass is 19.3. The first kappa shape index (κ1) is 9.39. The van der Waals surface area contributed by atoms with Crippen LogP contribution in [-0.2, 0) is 6.42 Å². The standard InChI is InChI=1S/C8H6F2N2O/c9-7(10)6-2-1-5(3-4-11)8(13)12-6/h1-2,7H,3H2,(H,12,13). The van der Waals surface area contributed by atoms with Crippen LogP contribution in [0.25, 0.3) is 0 Å². The molecule has 0 aliphatic carbocycles. The van der Waals surface area contributed by atoms with Gasteiger partial charge in [0.05, 0.1) is 18.2 Å². The Morgan fingerprint density at radius 2 is 2.23 bits per heavy atom. The molecule has 0 aliphatic rings. The van der Waals surface area contributed by atoms with E-state index < -0.39 is 17.7 Å². The van der Waals surface area contributed by atoms with Gasteiger partial charge in [-0.3, -0.25) is 4.79 Å². The lowest BCUT2D eigenvalue weighted by molar-refractivity contribution is 0.146. The third-order valence-corrected chi connectivity index (χ3v) is 1.52. The van der Waals surface area contributed by atoms with E-state index in [1.54, 1.807) is 6.07 Å². The number of hydrogen-bond donors (Lipinski definition) is 1. The summed E-state index contributed by atoms with van der Waals surface area (Å²) in [6, 6.07) is 4.12. The summed E-state index contributed by atoms with van der Waals surface area (Å²) in [5, 5.41) is 8.27. The van der Waals surface area contributed by atoms with E-state index in [-0.39, 0.29) is 12.0 Å². The molecular weight excluding hydrogens is 178 g/mol. The molecule has 1 N–H and O–H groups in total. The van der Waals surface area contributed by atoms with E-state index in [1.165, 1.54) is 6.07 Å². The van der Waals surface area contributed by atoms with Crippen molar-refractivity contribution in [2.45, 2.75) is 12.8 Å². The second kappa shape index (κ2) is 3.81. The Labute approximate surface area is 72.6 Å². The first-order valence-electron chi connectivity index (χ1n) is 3.52. The van der Waals surface area contributed by atoms with Crippen LogP contribution in [0.1, 0.15) is 17.7 Å². The molecule has 5 heteroatoms. The Balaban J connectivity index is 3.08. The summed E-state index contributed by atoms with van der Waals surface area (Å²) in [6.45, 7) is 0. The number of pyridine rings is 1. The number of nitrogens with one attached hydrogen (secondary N) is 1. The van der Waals surface area contributed by atoms with Gasteiger partial charge in [-0.25, -0.2) is 8.78 Å². The van der Waals surface area contributed by atoms with Gasteiger partial charge >= 0.3 is 0 Å². The van der Waals surface area contributed by atoms with Crippen molar-refractivity contribution >= 4 is 0 Å². The maximum atomic E-state index is 12.0. The van der Waals surface area contributed by atoms with Crippen LogP contribution in [0.4, 0.5) is 8.78 Å². The highest BCUT2D eigenvalue weighted by Gasteiger charge is 2.08. The van der Waals surface area contributed by atoms with Crippen LogP contribution in [0.5, 0.6) is 0 Å². The Bertz CT molecular complexity index is 392. The minimum atomic E-state index is -2.69. The number of aromatic amines is 1. The number of aromatic nitrogens is 1. The molecular formula is C8H6F2N2O. The second-order valence-corrected chi connectivity index (χ2v) is 2.40. The number of halogens is 2. The lowest BCUT2D eigenvalue weighted by Crippen LogP contribution is -2.13. The van der Waals surface area contributed by atoms with E-state index in [1.807, 2.05) is 4.98 Å². The fraction of sp³-hybridized carbons (Fsp3) is 0.250. The molecule has 0 amide bonds. The molecule has 3 nitrogen and oxygen atoms in total. The van der Waals surface area contributed by atoms with Gasteiger partial charge in [0, 0.05) is 5.56 Å². The van der Waals surface area contributed by atoms with E-state index in [4.69, 9.17) is 5.26 Å². The summed E-state index contributed by atoms with van der Waals surface area (Å²) >= 11 is 0. The summed E-state index contributed by atoms with van der Waals surface area (Å²) in [5.41, 5.74) is -0.849. The SMILES string of the molecule is N#CCc1ccc(C(F)F)[nH]c1=O. The predicted octanol–water partition coefficient (Wildman–Crippen LogP) is 1.38. The van der Waals surface area contributed by atoms with E-state index >= 15 is 0 Å². The molecule has 0 radical (unpaired) electrons. The first-order chi connectivity index (χ1) is 6.15. The summed E-state index contributed by atoms with van der Waals surface area (Å²) in [4.78, 5) is 13.0. The minimum absolute atomic E-state index is 0.0706. The van der Waals surface area contributed by atoms with Crippen molar-refractivity contribution in [1.82, 2.24) is 4.98 Å². The van der Waals surface area contributed by atoms with Gasteiger partial charge in [-0.2, -0.15) is 5.26 Å². The third kappa shape index (κ3) is 2.12. The summed E-state index contributed by atoms with van der Waals surface area (Å²) in [5.74, 6) is 0. The quantitative estimate of drug-likeness (QED) is 0.754. The third-order valence-electron chi connectivity index (χ3n) is 1.52. The number of hydrogen-bond acceptors (Lipinski definition) is 2. The van der Waals surface area contributed by atoms with Gasteiger partial charge in [-0.1, -0.05) is 6.07 Å². The van der Waals surface area contributed by atoms with Crippen molar-refractivity contribution in [2.75, 3.05) is 0 Å². The molecule has 0 aromatic carbocycles. The van der Waals surface area contributed by atoms with Crippen molar-refractivity contribution in [1.29, 1.82) is 5.26 Å². The van der Waals surface area contributed by atoms with Crippen LogP contribution >= 0.6 is 0 Å². The van der Waals surface area contributed by atoms with Crippen LogP contribution in [0.3, 0.4) is 0 Å². The summed E-state index contributed by atoms with van der Waals surface area (Å²) in [6.07, 6.45) is -2.76. The monoisotopic (exact) mass is 184 g/mol. The second-order valence-electron chi connectivity index (χ2n) is 2.40. The maximum absolute atomic E-state index is 12.0. The topological polar surface area (TPSA) is 56.6 Å². The Kier molecular flexibility index (Phi) is 2.75. The van der Waals surface area contributed by atoms with Gasteiger partial charge in [0.25, 0.3) is 12.0 Å². The highest BCUT2D eigenvalue weighted by molar-refractivity contribution is 5.17. The number of nitrogens with zero attached hydrogens (tertiary/aromatic N) is 1. The molecule has 0 unspecified atom stereocenters. The Morgan fingerprint density at radius 1 is 1.54 bits per heavy atom. The van der Waals surface area contributed by atoms with Crippen molar-refractivity contribution in [3.8, 4) is 6.07 Å². The van der Waals surface area contributed by atoms with Crippen molar-refractivity contribution in [3.05, 3.63) is 33.7 Å². The molecule has 1 aromatic rings. The van der Waals surface area contributed by atoms with Crippen molar-refractivity contribution in [3.63, 3.8) is 0 Å².